The third-order valence-electron chi connectivity index (χ3n) is 4.63. The minimum Gasteiger partial charge on any atom is -0.493 e. The predicted molar refractivity (Wildman–Crippen MR) is 113 cm³/mol. The highest BCUT2D eigenvalue weighted by Crippen LogP contribution is 2.21. The molecule has 0 aliphatic rings. The molecule has 2 aromatic rings. The molecule has 2 aromatic carbocycles. The van der Waals surface area contributed by atoms with Gasteiger partial charge in [0.05, 0.1) is 12.2 Å². The Morgan fingerprint density at radius 2 is 1.69 bits per heavy atom. The van der Waals surface area contributed by atoms with Crippen molar-refractivity contribution in [2.45, 2.75) is 46.0 Å². The average Bonchev–Trinajstić information content (AvgIpc) is 2.76. The van der Waals surface area contributed by atoms with Gasteiger partial charge in [-0.25, -0.2) is 0 Å². The number of carbonyl (C=O) groups is 2. The maximum absolute atomic E-state index is 12.4. The van der Waals surface area contributed by atoms with E-state index in [9.17, 15) is 9.59 Å². The lowest BCUT2D eigenvalue weighted by atomic mass is 9.99. The minimum absolute atomic E-state index is 0.197. The number of unbranched alkanes of at least 4 members (excludes halogenated alkanes) is 1. The number of rotatable bonds is 10. The van der Waals surface area contributed by atoms with Gasteiger partial charge in [0.15, 0.2) is 6.61 Å². The maximum atomic E-state index is 12.4. The topological polar surface area (TPSA) is 76.7 Å². The molecule has 0 unspecified atom stereocenters. The number of nitrogens with one attached hydrogen (secondary N) is 2. The molecule has 2 amide bonds. The van der Waals surface area contributed by atoms with E-state index in [1.54, 1.807) is 24.3 Å². The van der Waals surface area contributed by atoms with Crippen molar-refractivity contribution >= 4 is 11.8 Å². The van der Waals surface area contributed by atoms with E-state index >= 15 is 0 Å². The van der Waals surface area contributed by atoms with Crippen molar-refractivity contribution in [3.8, 4) is 11.5 Å². The van der Waals surface area contributed by atoms with Crippen LogP contribution in [-0.2, 0) is 4.79 Å². The second kappa shape index (κ2) is 11.7. The molecule has 0 bridgehead atoms. The highest BCUT2D eigenvalue weighted by Gasteiger charge is 2.13. The molecular weight excluding hydrogens is 368 g/mol. The lowest BCUT2D eigenvalue weighted by Gasteiger charge is -2.13. The van der Waals surface area contributed by atoms with Gasteiger partial charge in [-0.15, -0.1) is 0 Å². The zero-order valence-corrected chi connectivity index (χ0v) is 17.4. The molecule has 6 heteroatoms. The normalized spacial score (nSPS) is 11.4. The Kier molecular flexibility index (Phi) is 9.02. The fraction of sp³-hybridized carbons (Fsp3) is 0.391. The first-order chi connectivity index (χ1) is 14.0. The summed E-state index contributed by atoms with van der Waals surface area (Å²) >= 11 is 0. The number of hydrogen-bond donors (Lipinski definition) is 2. The molecular formula is C23H30N2O4. The number of amides is 2. The summed E-state index contributed by atoms with van der Waals surface area (Å²) in [5.74, 6) is 0.687. The van der Waals surface area contributed by atoms with Crippen LogP contribution in [-0.4, -0.2) is 25.0 Å². The van der Waals surface area contributed by atoms with Crippen LogP contribution in [0.2, 0.25) is 0 Å². The molecule has 0 saturated carbocycles. The standard InChI is InChI=1S/C23H30N2O4/c1-4-6-15-28-21-10-8-7-9-20(21)23(27)25-24-22(26)16-29-19-13-11-18(12-14-19)17(3)5-2/h7-14,17H,4-6,15-16H2,1-3H3,(H,24,26)(H,25,27)/t17-/m1/s1. The van der Waals surface area contributed by atoms with Crippen LogP contribution in [0.25, 0.3) is 0 Å². The van der Waals surface area contributed by atoms with Crippen molar-refractivity contribution in [1.82, 2.24) is 10.9 Å². The summed E-state index contributed by atoms with van der Waals surface area (Å²) in [4.78, 5) is 24.3. The zero-order valence-electron chi connectivity index (χ0n) is 17.4. The first-order valence-electron chi connectivity index (χ1n) is 10.1. The fourth-order valence-corrected chi connectivity index (χ4v) is 2.61. The van der Waals surface area contributed by atoms with Crippen LogP contribution in [0, 0.1) is 0 Å². The van der Waals surface area contributed by atoms with Crippen molar-refractivity contribution in [3.05, 3.63) is 59.7 Å². The van der Waals surface area contributed by atoms with Crippen LogP contribution >= 0.6 is 0 Å². The molecule has 29 heavy (non-hydrogen) atoms. The van der Waals surface area contributed by atoms with Gasteiger partial charge in [0.1, 0.15) is 11.5 Å². The van der Waals surface area contributed by atoms with Crippen molar-refractivity contribution in [2.75, 3.05) is 13.2 Å². The fourth-order valence-electron chi connectivity index (χ4n) is 2.61. The first kappa shape index (κ1) is 22.3. The highest BCUT2D eigenvalue weighted by atomic mass is 16.5. The predicted octanol–water partition coefficient (Wildman–Crippen LogP) is 4.22. The molecule has 156 valence electrons. The molecule has 0 aliphatic carbocycles. The molecule has 6 nitrogen and oxygen atoms in total. The van der Waals surface area contributed by atoms with Gasteiger partial charge < -0.3 is 9.47 Å². The molecule has 0 saturated heterocycles. The highest BCUT2D eigenvalue weighted by molar-refractivity contribution is 5.97. The molecule has 2 N–H and O–H groups in total. The lowest BCUT2D eigenvalue weighted by Crippen LogP contribution is -2.43. The molecule has 1 atom stereocenters. The van der Waals surface area contributed by atoms with E-state index in [0.717, 1.165) is 19.3 Å². The summed E-state index contributed by atoms with van der Waals surface area (Å²) in [6, 6.07) is 14.6. The van der Waals surface area contributed by atoms with Gasteiger partial charge in [0.2, 0.25) is 0 Å². The van der Waals surface area contributed by atoms with Gasteiger partial charge >= 0.3 is 0 Å². The molecule has 0 heterocycles. The largest absolute Gasteiger partial charge is 0.493 e. The average molecular weight is 399 g/mol. The Hall–Kier alpha value is -3.02. The number of hydrazine groups is 1. The third-order valence-corrected chi connectivity index (χ3v) is 4.63. The van der Waals surface area contributed by atoms with Crippen LogP contribution in [0.1, 0.15) is 61.9 Å². The van der Waals surface area contributed by atoms with Crippen LogP contribution in [0.4, 0.5) is 0 Å². The summed E-state index contributed by atoms with van der Waals surface area (Å²) in [7, 11) is 0. The van der Waals surface area contributed by atoms with E-state index in [0.29, 0.717) is 29.6 Å². The van der Waals surface area contributed by atoms with Crippen LogP contribution in [0.15, 0.2) is 48.5 Å². The van der Waals surface area contributed by atoms with E-state index in [2.05, 4.69) is 31.6 Å². The summed E-state index contributed by atoms with van der Waals surface area (Å²) < 4.78 is 11.1. The summed E-state index contributed by atoms with van der Waals surface area (Å²) in [6.45, 7) is 6.72. The SMILES string of the molecule is CCCCOc1ccccc1C(=O)NNC(=O)COc1ccc([C@H](C)CC)cc1. The zero-order chi connectivity index (χ0) is 21.1. The second-order valence-corrected chi connectivity index (χ2v) is 6.87. The molecule has 0 spiro atoms. The Balaban J connectivity index is 1.81. The summed E-state index contributed by atoms with van der Waals surface area (Å²) in [5.41, 5.74) is 6.36. The van der Waals surface area contributed by atoms with E-state index < -0.39 is 11.8 Å². The quantitative estimate of drug-likeness (QED) is 0.464. The van der Waals surface area contributed by atoms with Gasteiger partial charge in [-0.3, -0.25) is 20.4 Å². The molecule has 0 fully saturated rings. The maximum Gasteiger partial charge on any atom is 0.276 e. The van der Waals surface area contributed by atoms with E-state index in [-0.39, 0.29) is 6.61 Å². The van der Waals surface area contributed by atoms with Gasteiger partial charge in [-0.05, 0) is 48.6 Å². The van der Waals surface area contributed by atoms with Crippen LogP contribution in [0.5, 0.6) is 11.5 Å². The monoisotopic (exact) mass is 398 g/mol. The summed E-state index contributed by atoms with van der Waals surface area (Å²) in [6.07, 6.45) is 2.97. The number of para-hydroxylation sites is 1. The van der Waals surface area contributed by atoms with Crippen molar-refractivity contribution < 1.29 is 19.1 Å². The van der Waals surface area contributed by atoms with Gasteiger partial charge in [0, 0.05) is 0 Å². The van der Waals surface area contributed by atoms with E-state index in [1.807, 2.05) is 24.3 Å². The van der Waals surface area contributed by atoms with Crippen LogP contribution in [0.3, 0.4) is 0 Å². The van der Waals surface area contributed by atoms with Crippen molar-refractivity contribution in [2.24, 2.45) is 0 Å². The van der Waals surface area contributed by atoms with Crippen molar-refractivity contribution in [3.63, 3.8) is 0 Å². The number of benzene rings is 2. The smallest absolute Gasteiger partial charge is 0.276 e. The van der Waals surface area contributed by atoms with E-state index in [4.69, 9.17) is 9.47 Å². The van der Waals surface area contributed by atoms with Crippen LogP contribution < -0.4 is 20.3 Å². The number of hydrogen-bond acceptors (Lipinski definition) is 4. The van der Waals surface area contributed by atoms with Gasteiger partial charge in [0.25, 0.3) is 11.8 Å². The number of carbonyl (C=O) groups excluding carboxylic acids is 2. The third kappa shape index (κ3) is 7.14. The Bertz CT molecular complexity index is 790. The van der Waals surface area contributed by atoms with E-state index in [1.165, 1.54) is 5.56 Å². The Labute approximate surface area is 172 Å². The Morgan fingerprint density at radius 3 is 2.38 bits per heavy atom. The van der Waals surface area contributed by atoms with Gasteiger partial charge in [-0.2, -0.15) is 0 Å². The first-order valence-corrected chi connectivity index (χ1v) is 10.1. The molecule has 0 aliphatic heterocycles. The number of ether oxygens (including phenoxy) is 2. The Morgan fingerprint density at radius 1 is 0.966 bits per heavy atom. The molecule has 0 radical (unpaired) electrons. The lowest BCUT2D eigenvalue weighted by molar-refractivity contribution is -0.123. The summed E-state index contributed by atoms with van der Waals surface area (Å²) in [5, 5.41) is 0. The molecule has 0 aromatic heterocycles. The minimum atomic E-state index is -0.450. The van der Waals surface area contributed by atoms with Crippen molar-refractivity contribution in [1.29, 1.82) is 0 Å². The second-order valence-electron chi connectivity index (χ2n) is 6.87. The molecule has 2 rings (SSSR count). The van der Waals surface area contributed by atoms with Gasteiger partial charge in [-0.1, -0.05) is 51.5 Å².